The summed E-state index contributed by atoms with van der Waals surface area (Å²) < 4.78 is 5.71. The highest BCUT2D eigenvalue weighted by molar-refractivity contribution is 6.46. The van der Waals surface area contributed by atoms with Gasteiger partial charge >= 0.3 is 0 Å². The van der Waals surface area contributed by atoms with Crippen LogP contribution in [0.2, 0.25) is 5.02 Å². The molecule has 2 fully saturated rings. The average Bonchev–Trinajstić information content (AvgIpc) is 3.30. The third-order valence-electron chi connectivity index (χ3n) is 5.55. The zero-order valence-electron chi connectivity index (χ0n) is 16.1. The predicted octanol–water partition coefficient (Wildman–Crippen LogP) is 4.25. The van der Waals surface area contributed by atoms with Gasteiger partial charge in [0.15, 0.2) is 0 Å². The molecule has 0 bridgehead atoms. The fraction of sp³-hybridized carbons (Fsp3) is 0.304. The molecule has 0 radical (unpaired) electrons. The summed E-state index contributed by atoms with van der Waals surface area (Å²) in [5, 5.41) is 11.5. The number of benzene rings is 2. The van der Waals surface area contributed by atoms with E-state index in [9.17, 15) is 14.7 Å². The molecule has 2 aliphatic heterocycles. The normalized spacial score (nSPS) is 23.7. The molecule has 29 heavy (non-hydrogen) atoms. The summed E-state index contributed by atoms with van der Waals surface area (Å²) in [7, 11) is 0. The third-order valence-corrected chi connectivity index (χ3v) is 5.78. The standard InChI is InChI=1S/C23H22ClNO4/c1-14-6-2-3-10-18(14)20-19(21(26)15-7-4-8-16(24)12-15)22(27)23(28)25(20)13-17-9-5-11-29-17/h2-4,6-8,10,12,17,20,26H,5,9,11,13H2,1H3/b21-19+. The van der Waals surface area contributed by atoms with E-state index in [0.717, 1.165) is 24.0 Å². The quantitative estimate of drug-likeness (QED) is 0.464. The van der Waals surface area contributed by atoms with Crippen LogP contribution in [0.1, 0.15) is 35.6 Å². The smallest absolute Gasteiger partial charge is 0.295 e. The first-order valence-electron chi connectivity index (χ1n) is 9.69. The number of carbonyl (C=O) groups excluding carboxylic acids is 2. The first-order valence-corrected chi connectivity index (χ1v) is 10.1. The van der Waals surface area contributed by atoms with Crippen molar-refractivity contribution in [1.29, 1.82) is 0 Å². The maximum atomic E-state index is 13.0. The minimum absolute atomic E-state index is 0.0876. The van der Waals surface area contributed by atoms with Crippen LogP contribution in [0.25, 0.3) is 5.76 Å². The van der Waals surface area contributed by atoms with E-state index >= 15 is 0 Å². The van der Waals surface area contributed by atoms with Crippen molar-refractivity contribution < 1.29 is 19.4 Å². The van der Waals surface area contributed by atoms with Crippen LogP contribution in [0.4, 0.5) is 0 Å². The highest BCUT2D eigenvalue weighted by Gasteiger charge is 2.47. The van der Waals surface area contributed by atoms with Gasteiger partial charge in [-0.3, -0.25) is 9.59 Å². The number of nitrogens with zero attached hydrogens (tertiary/aromatic N) is 1. The molecule has 0 aliphatic carbocycles. The minimum atomic E-state index is -0.686. The lowest BCUT2D eigenvalue weighted by Gasteiger charge is -2.28. The number of Topliss-reactive ketones (excluding diaryl/α,β-unsaturated/α-hetero) is 1. The number of aliphatic hydroxyl groups is 1. The fourth-order valence-electron chi connectivity index (χ4n) is 4.08. The van der Waals surface area contributed by atoms with Crippen molar-refractivity contribution in [3.05, 3.63) is 75.8 Å². The monoisotopic (exact) mass is 411 g/mol. The number of hydrogen-bond donors (Lipinski definition) is 1. The first-order chi connectivity index (χ1) is 14.0. The highest BCUT2D eigenvalue weighted by Crippen LogP contribution is 2.41. The Morgan fingerprint density at radius 3 is 2.69 bits per heavy atom. The van der Waals surface area contributed by atoms with Gasteiger partial charge in [-0.2, -0.15) is 0 Å². The summed E-state index contributed by atoms with van der Waals surface area (Å²) in [6.07, 6.45) is 1.68. The van der Waals surface area contributed by atoms with Crippen LogP contribution in [0, 0.1) is 6.92 Å². The minimum Gasteiger partial charge on any atom is -0.507 e. The number of hydrogen-bond acceptors (Lipinski definition) is 4. The molecule has 1 N–H and O–H groups in total. The third kappa shape index (κ3) is 3.68. The summed E-state index contributed by atoms with van der Waals surface area (Å²) >= 11 is 6.07. The highest BCUT2D eigenvalue weighted by atomic mass is 35.5. The number of rotatable bonds is 4. The largest absolute Gasteiger partial charge is 0.507 e. The van der Waals surface area contributed by atoms with Gasteiger partial charge in [-0.15, -0.1) is 0 Å². The molecule has 1 amide bonds. The second kappa shape index (κ2) is 8.01. The fourth-order valence-corrected chi connectivity index (χ4v) is 4.27. The number of amides is 1. The van der Waals surface area contributed by atoms with Crippen molar-refractivity contribution in [1.82, 2.24) is 4.90 Å². The maximum Gasteiger partial charge on any atom is 0.295 e. The Kier molecular flexibility index (Phi) is 5.43. The lowest BCUT2D eigenvalue weighted by molar-refractivity contribution is -0.140. The predicted molar refractivity (Wildman–Crippen MR) is 111 cm³/mol. The number of halogens is 1. The maximum absolute atomic E-state index is 13.0. The van der Waals surface area contributed by atoms with E-state index in [1.54, 1.807) is 24.3 Å². The van der Waals surface area contributed by atoms with Crippen molar-refractivity contribution in [3.63, 3.8) is 0 Å². The summed E-state index contributed by atoms with van der Waals surface area (Å²) in [6.45, 7) is 2.91. The molecule has 150 valence electrons. The van der Waals surface area contributed by atoms with E-state index < -0.39 is 17.7 Å². The van der Waals surface area contributed by atoms with Gasteiger partial charge in [0.25, 0.3) is 11.7 Å². The summed E-state index contributed by atoms with van der Waals surface area (Å²) in [5.41, 5.74) is 2.25. The van der Waals surface area contributed by atoms with Gasteiger partial charge in [-0.1, -0.05) is 48.0 Å². The SMILES string of the molecule is Cc1ccccc1C1/C(=C(\O)c2cccc(Cl)c2)C(=O)C(=O)N1CC1CCCO1. The lowest BCUT2D eigenvalue weighted by Crippen LogP contribution is -2.36. The average molecular weight is 412 g/mol. The molecule has 6 heteroatoms. The van der Waals surface area contributed by atoms with Gasteiger partial charge in [0.2, 0.25) is 0 Å². The summed E-state index contributed by atoms with van der Waals surface area (Å²) in [4.78, 5) is 27.5. The van der Waals surface area contributed by atoms with Gasteiger partial charge in [-0.25, -0.2) is 0 Å². The van der Waals surface area contributed by atoms with E-state index in [1.807, 2.05) is 31.2 Å². The van der Waals surface area contributed by atoms with Crippen LogP contribution in [0.15, 0.2) is 54.1 Å². The Hall–Kier alpha value is -2.63. The molecule has 2 aliphatic rings. The van der Waals surface area contributed by atoms with Gasteiger partial charge in [0.1, 0.15) is 5.76 Å². The van der Waals surface area contributed by atoms with Gasteiger partial charge < -0.3 is 14.7 Å². The lowest BCUT2D eigenvalue weighted by atomic mass is 9.92. The number of carbonyl (C=O) groups is 2. The van der Waals surface area contributed by atoms with Gasteiger partial charge in [-0.05, 0) is 43.0 Å². The number of ether oxygens (including phenoxy) is 1. The molecule has 4 rings (SSSR count). The first kappa shape index (κ1) is 19.7. The van der Waals surface area contributed by atoms with Crippen molar-refractivity contribution in [2.45, 2.75) is 31.9 Å². The van der Waals surface area contributed by atoms with Crippen LogP contribution in [-0.4, -0.2) is 41.0 Å². The van der Waals surface area contributed by atoms with Crippen molar-refractivity contribution in [2.24, 2.45) is 0 Å². The van der Waals surface area contributed by atoms with Crippen LogP contribution < -0.4 is 0 Å². The van der Waals surface area contributed by atoms with E-state index in [0.29, 0.717) is 23.7 Å². The molecule has 5 nitrogen and oxygen atoms in total. The topological polar surface area (TPSA) is 66.8 Å². The molecule has 2 unspecified atom stereocenters. The van der Waals surface area contributed by atoms with Crippen molar-refractivity contribution in [3.8, 4) is 0 Å². The van der Waals surface area contributed by atoms with Crippen LogP contribution in [0.5, 0.6) is 0 Å². The molecule has 2 aromatic carbocycles. The summed E-state index contributed by atoms with van der Waals surface area (Å²) in [5.74, 6) is -1.51. The van der Waals surface area contributed by atoms with Crippen LogP contribution in [0.3, 0.4) is 0 Å². The Morgan fingerprint density at radius 2 is 2.00 bits per heavy atom. The Bertz CT molecular complexity index is 994. The zero-order chi connectivity index (χ0) is 20.5. The van der Waals surface area contributed by atoms with E-state index in [-0.39, 0.29) is 17.4 Å². The van der Waals surface area contributed by atoms with E-state index in [4.69, 9.17) is 16.3 Å². The molecule has 2 saturated heterocycles. The molecular weight excluding hydrogens is 390 g/mol. The molecule has 0 saturated carbocycles. The van der Waals surface area contributed by atoms with Gasteiger partial charge in [0, 0.05) is 23.7 Å². The van der Waals surface area contributed by atoms with E-state index in [1.165, 1.54) is 4.90 Å². The molecule has 2 heterocycles. The molecule has 2 atom stereocenters. The zero-order valence-corrected chi connectivity index (χ0v) is 16.9. The second-order valence-corrected chi connectivity index (χ2v) is 7.89. The molecule has 2 aromatic rings. The Morgan fingerprint density at radius 1 is 1.21 bits per heavy atom. The number of aryl methyl sites for hydroxylation is 1. The number of likely N-dealkylation sites (tertiary alicyclic amines) is 1. The van der Waals surface area contributed by atoms with Crippen LogP contribution in [-0.2, 0) is 14.3 Å². The van der Waals surface area contributed by atoms with Gasteiger partial charge in [0.05, 0.1) is 17.7 Å². The van der Waals surface area contributed by atoms with Crippen LogP contribution >= 0.6 is 11.6 Å². The molecular formula is C23H22ClNO4. The molecule has 0 spiro atoms. The second-order valence-electron chi connectivity index (χ2n) is 7.45. The van der Waals surface area contributed by atoms with Crippen molar-refractivity contribution >= 4 is 29.1 Å². The number of aliphatic hydroxyl groups excluding tert-OH is 1. The number of ketones is 1. The molecule has 0 aromatic heterocycles. The Labute approximate surface area is 174 Å². The van der Waals surface area contributed by atoms with Crippen molar-refractivity contribution in [2.75, 3.05) is 13.2 Å². The Balaban J connectivity index is 1.86. The summed E-state index contributed by atoms with van der Waals surface area (Å²) in [6, 6.07) is 13.6. The van der Waals surface area contributed by atoms with E-state index in [2.05, 4.69) is 0 Å².